The van der Waals surface area contributed by atoms with Crippen LogP contribution in [0.2, 0.25) is 0 Å². The number of nitrogens with zero attached hydrogens (tertiary/aromatic N) is 5. The van der Waals surface area contributed by atoms with E-state index < -0.39 is 0 Å². The van der Waals surface area contributed by atoms with Crippen molar-refractivity contribution >= 4 is 22.9 Å². The summed E-state index contributed by atoms with van der Waals surface area (Å²) in [5.74, 6) is -0.0802. The van der Waals surface area contributed by atoms with E-state index in [2.05, 4.69) is 15.1 Å². The van der Waals surface area contributed by atoms with Gasteiger partial charge in [-0.3, -0.25) is 4.79 Å². The van der Waals surface area contributed by atoms with E-state index in [1.165, 1.54) is 4.88 Å². The van der Waals surface area contributed by atoms with Crippen molar-refractivity contribution in [2.24, 2.45) is 0 Å². The molecule has 0 radical (unpaired) electrons. The first kappa shape index (κ1) is 13.7. The van der Waals surface area contributed by atoms with E-state index in [0.717, 1.165) is 12.1 Å². The Morgan fingerprint density at radius 3 is 3.05 bits per heavy atom. The maximum absolute atomic E-state index is 12.5. The average Bonchev–Trinajstić information content (AvgIpc) is 3.10. The van der Waals surface area contributed by atoms with Gasteiger partial charge in [0.05, 0.1) is 17.4 Å². The Balaban J connectivity index is 1.74. The zero-order valence-corrected chi connectivity index (χ0v) is 12.7. The molecule has 3 aromatic rings. The Morgan fingerprint density at radius 2 is 2.29 bits per heavy atom. The third-order valence-corrected chi connectivity index (χ3v) is 4.36. The van der Waals surface area contributed by atoms with E-state index in [-0.39, 0.29) is 5.91 Å². The summed E-state index contributed by atoms with van der Waals surface area (Å²) >= 11 is 1.62. The minimum atomic E-state index is -0.0802. The normalized spacial score (nSPS) is 11.0. The number of fused-ring (bicyclic) bond motifs is 1. The van der Waals surface area contributed by atoms with Gasteiger partial charge >= 0.3 is 0 Å². The maximum atomic E-state index is 12.5. The lowest BCUT2D eigenvalue weighted by atomic mass is 10.3. The van der Waals surface area contributed by atoms with Gasteiger partial charge in [0.25, 0.3) is 5.91 Å². The molecule has 0 unspecified atom stereocenters. The van der Waals surface area contributed by atoms with Crippen LogP contribution >= 0.6 is 11.3 Å². The molecular weight excluding hydrogens is 286 g/mol. The quantitative estimate of drug-likeness (QED) is 0.737. The zero-order valence-electron chi connectivity index (χ0n) is 11.9. The summed E-state index contributed by atoms with van der Waals surface area (Å²) in [6.45, 7) is 2.63. The highest BCUT2D eigenvalue weighted by atomic mass is 32.1. The van der Waals surface area contributed by atoms with Gasteiger partial charge < -0.3 is 4.90 Å². The molecule has 0 aliphatic carbocycles. The third-order valence-electron chi connectivity index (χ3n) is 3.36. The van der Waals surface area contributed by atoms with Gasteiger partial charge in [-0.1, -0.05) is 0 Å². The molecule has 7 heteroatoms. The van der Waals surface area contributed by atoms with E-state index in [1.807, 2.05) is 18.5 Å². The van der Waals surface area contributed by atoms with Crippen LogP contribution in [0.4, 0.5) is 0 Å². The van der Waals surface area contributed by atoms with Gasteiger partial charge in [-0.2, -0.15) is 5.10 Å². The molecule has 21 heavy (non-hydrogen) atoms. The number of amides is 1. The Bertz CT molecular complexity index is 778. The third kappa shape index (κ3) is 2.64. The van der Waals surface area contributed by atoms with Crippen LogP contribution in [-0.2, 0) is 6.42 Å². The van der Waals surface area contributed by atoms with Gasteiger partial charge in [-0.05, 0) is 19.1 Å². The summed E-state index contributed by atoms with van der Waals surface area (Å²) in [6.07, 6.45) is 4.02. The Morgan fingerprint density at radius 1 is 1.43 bits per heavy atom. The van der Waals surface area contributed by atoms with Crippen molar-refractivity contribution in [1.29, 1.82) is 0 Å². The molecule has 0 bridgehead atoms. The number of carbonyl (C=O) groups excluding carboxylic acids is 1. The fraction of sp³-hybridized carbons (Fsp3) is 0.286. The van der Waals surface area contributed by atoms with Crippen LogP contribution in [0.5, 0.6) is 0 Å². The molecule has 0 spiro atoms. The Labute approximate surface area is 126 Å². The Kier molecular flexibility index (Phi) is 3.66. The highest BCUT2D eigenvalue weighted by Crippen LogP contribution is 2.14. The van der Waals surface area contributed by atoms with Crippen LogP contribution in [0.15, 0.2) is 30.0 Å². The molecule has 0 fully saturated rings. The Hall–Kier alpha value is -2.28. The first-order chi connectivity index (χ1) is 10.2. The van der Waals surface area contributed by atoms with E-state index in [4.69, 9.17) is 0 Å². The number of rotatable bonds is 4. The SMILES string of the molecule is Cc1ncsc1CCN(C)C(=O)c1cnc2cccnn12. The van der Waals surface area contributed by atoms with E-state index in [1.54, 1.807) is 46.3 Å². The van der Waals surface area contributed by atoms with Crippen molar-refractivity contribution in [1.82, 2.24) is 24.5 Å². The minimum absolute atomic E-state index is 0.0802. The van der Waals surface area contributed by atoms with Gasteiger partial charge in [0.2, 0.25) is 0 Å². The molecule has 3 aromatic heterocycles. The molecule has 0 N–H and O–H groups in total. The average molecular weight is 301 g/mol. The van der Waals surface area contributed by atoms with Crippen molar-refractivity contribution in [2.45, 2.75) is 13.3 Å². The topological polar surface area (TPSA) is 63.4 Å². The molecule has 3 heterocycles. The number of likely N-dealkylation sites (N-methyl/N-ethyl adjacent to an activating group) is 1. The second-order valence-electron chi connectivity index (χ2n) is 4.77. The molecule has 0 saturated heterocycles. The molecule has 0 saturated carbocycles. The molecular formula is C14H15N5OS. The monoisotopic (exact) mass is 301 g/mol. The zero-order chi connectivity index (χ0) is 14.8. The summed E-state index contributed by atoms with van der Waals surface area (Å²) in [5, 5.41) is 4.17. The highest BCUT2D eigenvalue weighted by molar-refractivity contribution is 7.09. The first-order valence-electron chi connectivity index (χ1n) is 6.60. The smallest absolute Gasteiger partial charge is 0.273 e. The number of aromatic nitrogens is 4. The van der Waals surface area contributed by atoms with E-state index in [0.29, 0.717) is 17.9 Å². The number of aryl methyl sites for hydroxylation is 1. The van der Waals surface area contributed by atoms with E-state index in [9.17, 15) is 4.79 Å². The highest BCUT2D eigenvalue weighted by Gasteiger charge is 2.17. The standard InChI is InChI=1S/C14H15N5OS/c1-10-12(21-9-16-10)5-7-18(2)14(20)11-8-15-13-4-3-6-17-19(11)13/h3-4,6,8-9H,5,7H2,1-2H3. The van der Waals surface area contributed by atoms with Crippen molar-refractivity contribution < 1.29 is 4.79 Å². The van der Waals surface area contributed by atoms with E-state index >= 15 is 0 Å². The molecule has 0 aliphatic rings. The number of hydrogen-bond donors (Lipinski definition) is 0. The molecule has 0 atom stereocenters. The molecule has 108 valence electrons. The predicted molar refractivity (Wildman–Crippen MR) is 80.5 cm³/mol. The second-order valence-corrected chi connectivity index (χ2v) is 5.71. The second kappa shape index (κ2) is 5.61. The lowest BCUT2D eigenvalue weighted by molar-refractivity contribution is 0.0788. The predicted octanol–water partition coefficient (Wildman–Crippen LogP) is 1.81. The summed E-state index contributed by atoms with van der Waals surface area (Å²) in [7, 11) is 1.79. The van der Waals surface area contributed by atoms with Crippen molar-refractivity contribution in [2.75, 3.05) is 13.6 Å². The molecule has 3 rings (SSSR count). The number of hydrogen-bond acceptors (Lipinski definition) is 5. The van der Waals surface area contributed by atoms with Gasteiger partial charge in [0.15, 0.2) is 11.3 Å². The van der Waals surface area contributed by atoms with Gasteiger partial charge in [-0.15, -0.1) is 11.3 Å². The minimum Gasteiger partial charge on any atom is -0.340 e. The fourth-order valence-corrected chi connectivity index (χ4v) is 2.88. The summed E-state index contributed by atoms with van der Waals surface area (Å²) in [4.78, 5) is 23.8. The molecule has 0 aromatic carbocycles. The van der Waals surface area contributed by atoms with Crippen molar-refractivity contribution in [3.05, 3.63) is 46.3 Å². The van der Waals surface area contributed by atoms with Crippen LogP contribution in [0.25, 0.3) is 5.65 Å². The van der Waals surface area contributed by atoms with Crippen LogP contribution in [0.1, 0.15) is 21.1 Å². The summed E-state index contributed by atoms with van der Waals surface area (Å²) in [6, 6.07) is 3.62. The summed E-state index contributed by atoms with van der Waals surface area (Å²) < 4.78 is 1.57. The fourth-order valence-electron chi connectivity index (χ4n) is 2.11. The maximum Gasteiger partial charge on any atom is 0.273 e. The van der Waals surface area contributed by atoms with Gasteiger partial charge in [0, 0.05) is 31.1 Å². The van der Waals surface area contributed by atoms with Gasteiger partial charge in [-0.25, -0.2) is 14.5 Å². The van der Waals surface area contributed by atoms with Gasteiger partial charge in [0.1, 0.15) is 0 Å². The summed E-state index contributed by atoms with van der Waals surface area (Å²) in [5.41, 5.74) is 4.03. The molecule has 1 amide bonds. The number of thiazole rings is 1. The van der Waals surface area contributed by atoms with Crippen LogP contribution in [0.3, 0.4) is 0 Å². The van der Waals surface area contributed by atoms with Crippen molar-refractivity contribution in [3.63, 3.8) is 0 Å². The number of carbonyl (C=O) groups is 1. The first-order valence-corrected chi connectivity index (χ1v) is 7.48. The molecule has 0 aliphatic heterocycles. The largest absolute Gasteiger partial charge is 0.340 e. The lowest BCUT2D eigenvalue weighted by Crippen LogP contribution is -2.30. The lowest BCUT2D eigenvalue weighted by Gasteiger charge is -2.16. The molecule has 6 nitrogen and oxygen atoms in total. The van der Waals surface area contributed by atoms with Crippen LogP contribution in [0, 0.1) is 6.92 Å². The van der Waals surface area contributed by atoms with Crippen LogP contribution in [-0.4, -0.2) is 44.0 Å². The van der Waals surface area contributed by atoms with Crippen molar-refractivity contribution in [3.8, 4) is 0 Å². The number of imidazole rings is 1. The van der Waals surface area contributed by atoms with Crippen LogP contribution < -0.4 is 0 Å².